The van der Waals surface area contributed by atoms with E-state index in [1.54, 1.807) is 13.2 Å². The summed E-state index contributed by atoms with van der Waals surface area (Å²) in [4.78, 5) is 17.4. The van der Waals surface area contributed by atoms with Crippen LogP contribution in [0.3, 0.4) is 0 Å². The van der Waals surface area contributed by atoms with E-state index >= 15 is 0 Å². The normalized spacial score (nSPS) is 13.6. The molecule has 0 spiro atoms. The lowest BCUT2D eigenvalue weighted by Gasteiger charge is -2.22. The van der Waals surface area contributed by atoms with E-state index in [0.29, 0.717) is 11.8 Å². The van der Waals surface area contributed by atoms with Crippen molar-refractivity contribution < 1.29 is 0 Å². The lowest BCUT2D eigenvalue weighted by Crippen LogP contribution is -2.20. The first-order valence-electron chi connectivity index (χ1n) is 9.87. The Bertz CT molecular complexity index is 838. The zero-order chi connectivity index (χ0) is 20.1. The standard InChI is InChI=1S/C22H32ClN3O/c1-7-9-16(13-24-5)19-12-18(14(3)8-2)15(4)21(25-19)17-10-11-26(6)22(27)20(17)23/h10-12,14,16,24H,7-9,13H2,1-6H3. The minimum Gasteiger partial charge on any atom is -0.319 e. The van der Waals surface area contributed by atoms with Gasteiger partial charge in [0.15, 0.2) is 0 Å². The predicted octanol–water partition coefficient (Wildman–Crippen LogP) is 5.03. The second-order valence-electron chi connectivity index (χ2n) is 7.42. The molecule has 0 amide bonds. The van der Waals surface area contributed by atoms with E-state index in [-0.39, 0.29) is 10.6 Å². The lowest BCUT2D eigenvalue weighted by atomic mass is 9.88. The number of pyridine rings is 2. The maximum absolute atomic E-state index is 12.4. The third kappa shape index (κ3) is 4.61. The number of halogens is 1. The van der Waals surface area contributed by atoms with Gasteiger partial charge in [0.2, 0.25) is 0 Å². The Hall–Kier alpha value is -1.65. The van der Waals surface area contributed by atoms with Gasteiger partial charge in [-0.3, -0.25) is 9.78 Å². The van der Waals surface area contributed by atoms with Crippen molar-refractivity contribution in [3.8, 4) is 11.3 Å². The van der Waals surface area contributed by atoms with E-state index in [1.807, 2.05) is 13.1 Å². The van der Waals surface area contributed by atoms with Crippen LogP contribution >= 0.6 is 11.6 Å². The molecule has 148 valence electrons. The summed E-state index contributed by atoms with van der Waals surface area (Å²) in [7, 11) is 3.69. The van der Waals surface area contributed by atoms with Crippen molar-refractivity contribution in [1.29, 1.82) is 0 Å². The van der Waals surface area contributed by atoms with Gasteiger partial charge >= 0.3 is 0 Å². The molecule has 2 atom stereocenters. The van der Waals surface area contributed by atoms with Gasteiger partial charge in [-0.2, -0.15) is 0 Å². The summed E-state index contributed by atoms with van der Waals surface area (Å²) >= 11 is 6.44. The summed E-state index contributed by atoms with van der Waals surface area (Å²) in [5.41, 5.74) is 4.87. The Morgan fingerprint density at radius 1 is 1.33 bits per heavy atom. The molecular weight excluding hydrogens is 358 g/mol. The van der Waals surface area contributed by atoms with Crippen molar-refractivity contribution >= 4 is 11.6 Å². The quantitative estimate of drug-likeness (QED) is 0.689. The summed E-state index contributed by atoms with van der Waals surface area (Å²) in [5, 5.41) is 3.54. The molecule has 2 unspecified atom stereocenters. The number of rotatable bonds is 8. The van der Waals surface area contributed by atoms with E-state index in [1.165, 1.54) is 10.1 Å². The molecule has 2 aromatic rings. The van der Waals surface area contributed by atoms with Gasteiger partial charge in [0, 0.05) is 37.0 Å². The highest BCUT2D eigenvalue weighted by atomic mass is 35.5. The molecule has 1 N–H and O–H groups in total. The van der Waals surface area contributed by atoms with Gasteiger partial charge in [-0.05, 0) is 56.0 Å². The molecular formula is C22H32ClN3O. The van der Waals surface area contributed by atoms with Crippen LogP contribution < -0.4 is 10.9 Å². The predicted molar refractivity (Wildman–Crippen MR) is 115 cm³/mol. The molecule has 0 aromatic carbocycles. The first-order chi connectivity index (χ1) is 12.8. The van der Waals surface area contributed by atoms with Crippen molar-refractivity contribution in [3.63, 3.8) is 0 Å². The van der Waals surface area contributed by atoms with E-state index in [9.17, 15) is 4.79 Å². The van der Waals surface area contributed by atoms with E-state index in [0.717, 1.165) is 48.3 Å². The molecule has 0 saturated heterocycles. The zero-order valence-corrected chi connectivity index (χ0v) is 18.2. The van der Waals surface area contributed by atoms with E-state index < -0.39 is 0 Å². The molecule has 0 bridgehead atoms. The molecule has 0 aliphatic heterocycles. The molecule has 27 heavy (non-hydrogen) atoms. The van der Waals surface area contributed by atoms with Crippen LogP contribution in [-0.4, -0.2) is 23.1 Å². The fourth-order valence-electron chi connectivity index (χ4n) is 3.58. The van der Waals surface area contributed by atoms with Gasteiger partial charge in [-0.15, -0.1) is 0 Å². The molecule has 4 nitrogen and oxygen atoms in total. The highest BCUT2D eigenvalue weighted by Gasteiger charge is 2.21. The maximum atomic E-state index is 12.4. The number of hydrogen-bond donors (Lipinski definition) is 1. The second-order valence-corrected chi connectivity index (χ2v) is 7.80. The lowest BCUT2D eigenvalue weighted by molar-refractivity contribution is 0.562. The topological polar surface area (TPSA) is 46.9 Å². The smallest absolute Gasteiger partial charge is 0.269 e. The number of nitrogens with zero attached hydrogens (tertiary/aromatic N) is 2. The summed E-state index contributed by atoms with van der Waals surface area (Å²) in [5.74, 6) is 0.764. The molecule has 0 radical (unpaired) electrons. The Balaban J connectivity index is 2.74. The number of likely N-dealkylation sites (N-methyl/N-ethyl adjacent to an activating group) is 1. The Kier molecular flexibility index (Phi) is 7.63. The van der Waals surface area contributed by atoms with Crippen molar-refractivity contribution in [2.45, 2.75) is 58.8 Å². The summed E-state index contributed by atoms with van der Waals surface area (Å²) in [6, 6.07) is 4.16. The average molecular weight is 390 g/mol. The van der Waals surface area contributed by atoms with Gasteiger partial charge in [0.05, 0.1) is 5.69 Å². The van der Waals surface area contributed by atoms with Crippen LogP contribution in [0.5, 0.6) is 0 Å². The van der Waals surface area contributed by atoms with Crippen LogP contribution in [0.2, 0.25) is 5.02 Å². The molecule has 2 rings (SSSR count). The van der Waals surface area contributed by atoms with Crippen LogP contribution in [0.4, 0.5) is 0 Å². The summed E-state index contributed by atoms with van der Waals surface area (Å²) in [6.07, 6.45) is 4.99. The third-order valence-electron chi connectivity index (χ3n) is 5.45. The van der Waals surface area contributed by atoms with Crippen molar-refractivity contribution in [2.24, 2.45) is 7.05 Å². The Labute approximate surface area is 168 Å². The Morgan fingerprint density at radius 2 is 2.04 bits per heavy atom. The minimum atomic E-state index is -0.189. The average Bonchev–Trinajstić information content (AvgIpc) is 2.66. The highest BCUT2D eigenvalue weighted by Crippen LogP contribution is 2.35. The van der Waals surface area contributed by atoms with Crippen LogP contribution in [0.15, 0.2) is 23.1 Å². The van der Waals surface area contributed by atoms with Gasteiger partial charge in [0.1, 0.15) is 5.02 Å². The fourth-order valence-corrected chi connectivity index (χ4v) is 3.87. The molecule has 5 heteroatoms. The Morgan fingerprint density at radius 3 is 2.63 bits per heavy atom. The molecule has 0 aliphatic carbocycles. The highest BCUT2D eigenvalue weighted by molar-refractivity contribution is 6.33. The summed E-state index contributed by atoms with van der Waals surface area (Å²) in [6.45, 7) is 9.62. The maximum Gasteiger partial charge on any atom is 0.269 e. The molecule has 0 fully saturated rings. The third-order valence-corrected chi connectivity index (χ3v) is 5.81. The van der Waals surface area contributed by atoms with Crippen LogP contribution in [-0.2, 0) is 7.05 Å². The monoisotopic (exact) mass is 389 g/mol. The fraction of sp³-hybridized carbons (Fsp3) is 0.545. The number of aryl methyl sites for hydroxylation is 1. The van der Waals surface area contributed by atoms with Crippen molar-refractivity contribution in [1.82, 2.24) is 14.9 Å². The largest absolute Gasteiger partial charge is 0.319 e. The van der Waals surface area contributed by atoms with Gasteiger partial charge < -0.3 is 9.88 Å². The van der Waals surface area contributed by atoms with Gasteiger partial charge in [-0.25, -0.2) is 0 Å². The number of nitrogens with one attached hydrogen (secondary N) is 1. The number of aromatic nitrogens is 2. The molecule has 0 saturated carbocycles. The van der Waals surface area contributed by atoms with Crippen LogP contribution in [0.1, 0.15) is 68.7 Å². The van der Waals surface area contributed by atoms with Gasteiger partial charge in [-0.1, -0.05) is 38.8 Å². The molecule has 0 aliphatic rings. The van der Waals surface area contributed by atoms with E-state index in [2.05, 4.69) is 39.1 Å². The number of hydrogen-bond acceptors (Lipinski definition) is 3. The first kappa shape index (κ1) is 21.6. The molecule has 2 aromatic heterocycles. The van der Waals surface area contributed by atoms with Crippen LogP contribution in [0, 0.1) is 6.92 Å². The first-order valence-corrected chi connectivity index (χ1v) is 10.2. The SMILES string of the molecule is CCCC(CNC)c1cc(C(C)CC)c(C)c(-c2ccn(C)c(=O)c2Cl)n1. The zero-order valence-electron chi connectivity index (χ0n) is 17.4. The summed E-state index contributed by atoms with van der Waals surface area (Å²) < 4.78 is 1.50. The van der Waals surface area contributed by atoms with Crippen molar-refractivity contribution in [2.75, 3.05) is 13.6 Å². The molecule has 2 heterocycles. The minimum absolute atomic E-state index is 0.189. The van der Waals surface area contributed by atoms with E-state index in [4.69, 9.17) is 16.6 Å². The van der Waals surface area contributed by atoms with Crippen LogP contribution in [0.25, 0.3) is 11.3 Å². The second kappa shape index (κ2) is 9.52. The van der Waals surface area contributed by atoms with Crippen molar-refractivity contribution in [3.05, 3.63) is 50.5 Å². The van der Waals surface area contributed by atoms with Gasteiger partial charge in [0.25, 0.3) is 5.56 Å².